The van der Waals surface area contributed by atoms with E-state index in [2.05, 4.69) is 16.7 Å². The molecule has 0 bridgehead atoms. The highest BCUT2D eigenvalue weighted by atomic mass is 16.5. The first kappa shape index (κ1) is 14.8. The van der Waals surface area contributed by atoms with Crippen LogP contribution in [-0.2, 0) is 4.74 Å². The van der Waals surface area contributed by atoms with E-state index in [0.29, 0.717) is 6.10 Å². The molecule has 3 aliphatic heterocycles. The summed E-state index contributed by atoms with van der Waals surface area (Å²) in [6, 6.07) is 0.781. The van der Waals surface area contributed by atoms with Crippen molar-refractivity contribution in [3.05, 3.63) is 0 Å². The van der Waals surface area contributed by atoms with Gasteiger partial charge in [0, 0.05) is 37.8 Å². The fourth-order valence-corrected chi connectivity index (χ4v) is 4.50. The molecule has 20 heavy (non-hydrogen) atoms. The first-order valence-electron chi connectivity index (χ1n) is 8.58. The van der Waals surface area contributed by atoms with Gasteiger partial charge in [-0.25, -0.2) is 0 Å². The molecule has 0 amide bonds. The lowest BCUT2D eigenvalue weighted by Crippen LogP contribution is -2.60. The van der Waals surface area contributed by atoms with E-state index in [1.54, 1.807) is 0 Å². The SMILES string of the molecule is CCC1CC(CN)(N2CCCN3CCCC3C2)CCO1. The van der Waals surface area contributed by atoms with E-state index in [9.17, 15) is 0 Å². The molecule has 3 saturated heterocycles. The van der Waals surface area contributed by atoms with Crippen molar-refractivity contribution in [2.75, 3.05) is 39.3 Å². The van der Waals surface area contributed by atoms with Gasteiger partial charge in [0.25, 0.3) is 0 Å². The summed E-state index contributed by atoms with van der Waals surface area (Å²) in [5, 5.41) is 0. The van der Waals surface area contributed by atoms with Gasteiger partial charge in [-0.3, -0.25) is 9.80 Å². The minimum Gasteiger partial charge on any atom is -0.378 e. The van der Waals surface area contributed by atoms with Gasteiger partial charge in [0.05, 0.1) is 6.10 Å². The Bertz CT molecular complexity index is 325. The van der Waals surface area contributed by atoms with Gasteiger partial charge < -0.3 is 10.5 Å². The lowest BCUT2D eigenvalue weighted by atomic mass is 9.83. The Balaban J connectivity index is 1.73. The Labute approximate surface area is 123 Å². The van der Waals surface area contributed by atoms with Crippen LogP contribution in [0.1, 0.15) is 45.4 Å². The third-order valence-corrected chi connectivity index (χ3v) is 5.84. The van der Waals surface area contributed by atoms with Crippen LogP contribution in [-0.4, -0.2) is 66.8 Å². The fourth-order valence-electron chi connectivity index (χ4n) is 4.50. The third kappa shape index (κ3) is 2.76. The van der Waals surface area contributed by atoms with E-state index in [4.69, 9.17) is 10.5 Å². The average molecular weight is 281 g/mol. The van der Waals surface area contributed by atoms with E-state index in [-0.39, 0.29) is 5.54 Å². The summed E-state index contributed by atoms with van der Waals surface area (Å²) >= 11 is 0. The normalized spacial score (nSPS) is 40.5. The van der Waals surface area contributed by atoms with Gasteiger partial charge in [-0.1, -0.05) is 6.92 Å². The highest BCUT2D eigenvalue weighted by molar-refractivity contribution is 4.99. The smallest absolute Gasteiger partial charge is 0.0590 e. The Morgan fingerprint density at radius 3 is 2.90 bits per heavy atom. The van der Waals surface area contributed by atoms with Gasteiger partial charge >= 0.3 is 0 Å². The Morgan fingerprint density at radius 1 is 1.25 bits per heavy atom. The van der Waals surface area contributed by atoms with Crippen molar-refractivity contribution in [2.24, 2.45) is 5.73 Å². The quantitative estimate of drug-likeness (QED) is 0.850. The topological polar surface area (TPSA) is 41.7 Å². The predicted molar refractivity (Wildman–Crippen MR) is 81.8 cm³/mol. The molecule has 4 nitrogen and oxygen atoms in total. The van der Waals surface area contributed by atoms with Crippen molar-refractivity contribution >= 4 is 0 Å². The van der Waals surface area contributed by atoms with Crippen LogP contribution in [0.25, 0.3) is 0 Å². The van der Waals surface area contributed by atoms with Crippen molar-refractivity contribution in [1.29, 1.82) is 0 Å². The zero-order chi connectivity index (χ0) is 14.0. The van der Waals surface area contributed by atoms with E-state index in [1.807, 2.05) is 0 Å². The second kappa shape index (κ2) is 6.30. The zero-order valence-corrected chi connectivity index (χ0v) is 13.0. The molecule has 3 heterocycles. The molecule has 0 spiro atoms. The Kier molecular flexibility index (Phi) is 4.65. The minimum absolute atomic E-state index is 0.206. The molecule has 116 valence electrons. The molecule has 0 radical (unpaired) electrons. The number of rotatable bonds is 3. The second-order valence-electron chi connectivity index (χ2n) is 6.92. The van der Waals surface area contributed by atoms with E-state index < -0.39 is 0 Å². The van der Waals surface area contributed by atoms with E-state index >= 15 is 0 Å². The van der Waals surface area contributed by atoms with Crippen LogP contribution in [0, 0.1) is 0 Å². The van der Waals surface area contributed by atoms with Gasteiger partial charge in [0.2, 0.25) is 0 Å². The number of hydrogen-bond acceptors (Lipinski definition) is 4. The molecule has 3 aliphatic rings. The maximum atomic E-state index is 6.26. The average Bonchev–Trinajstić information content (AvgIpc) is 2.84. The molecule has 3 unspecified atom stereocenters. The summed E-state index contributed by atoms with van der Waals surface area (Å²) in [6.45, 7) is 8.97. The molecule has 3 atom stereocenters. The van der Waals surface area contributed by atoms with Crippen molar-refractivity contribution < 1.29 is 4.74 Å². The van der Waals surface area contributed by atoms with Crippen molar-refractivity contribution in [2.45, 2.75) is 63.1 Å². The number of ether oxygens (including phenoxy) is 1. The maximum Gasteiger partial charge on any atom is 0.0590 e. The standard InChI is InChI=1S/C16H31N3O/c1-2-15-11-16(13-17,6-10-20-15)19-9-4-8-18-7-3-5-14(18)12-19/h14-15H,2-13,17H2,1H3. The maximum absolute atomic E-state index is 6.26. The van der Waals surface area contributed by atoms with Crippen molar-refractivity contribution in [3.8, 4) is 0 Å². The molecular weight excluding hydrogens is 250 g/mol. The van der Waals surface area contributed by atoms with Crippen LogP contribution >= 0.6 is 0 Å². The highest BCUT2D eigenvalue weighted by Gasteiger charge is 2.42. The first-order valence-corrected chi connectivity index (χ1v) is 8.58. The van der Waals surface area contributed by atoms with Gasteiger partial charge in [-0.05, 0) is 51.6 Å². The molecule has 3 rings (SSSR count). The molecule has 0 saturated carbocycles. The monoisotopic (exact) mass is 281 g/mol. The summed E-state index contributed by atoms with van der Waals surface area (Å²) in [5.74, 6) is 0. The van der Waals surface area contributed by atoms with Crippen molar-refractivity contribution in [1.82, 2.24) is 9.80 Å². The first-order chi connectivity index (χ1) is 9.77. The fraction of sp³-hybridized carbons (Fsp3) is 1.00. The minimum atomic E-state index is 0.206. The molecule has 0 aromatic rings. The van der Waals surface area contributed by atoms with Crippen LogP contribution in [0.3, 0.4) is 0 Å². The second-order valence-corrected chi connectivity index (χ2v) is 6.92. The highest BCUT2D eigenvalue weighted by Crippen LogP contribution is 2.34. The lowest BCUT2D eigenvalue weighted by Gasteiger charge is -2.48. The number of nitrogens with two attached hydrogens (primary N) is 1. The number of fused-ring (bicyclic) bond motifs is 1. The summed E-state index contributed by atoms with van der Waals surface area (Å²) in [5.41, 5.74) is 6.47. The third-order valence-electron chi connectivity index (χ3n) is 5.84. The van der Waals surface area contributed by atoms with Crippen LogP contribution in [0.15, 0.2) is 0 Å². The molecule has 2 N–H and O–H groups in total. The zero-order valence-electron chi connectivity index (χ0n) is 13.0. The largest absolute Gasteiger partial charge is 0.378 e. The Morgan fingerprint density at radius 2 is 2.10 bits per heavy atom. The van der Waals surface area contributed by atoms with Gasteiger partial charge in [-0.15, -0.1) is 0 Å². The van der Waals surface area contributed by atoms with Crippen molar-refractivity contribution in [3.63, 3.8) is 0 Å². The molecule has 0 aromatic carbocycles. The van der Waals surface area contributed by atoms with Crippen LogP contribution in [0.2, 0.25) is 0 Å². The van der Waals surface area contributed by atoms with E-state index in [0.717, 1.165) is 38.5 Å². The summed E-state index contributed by atoms with van der Waals surface area (Å²) < 4.78 is 5.90. The summed E-state index contributed by atoms with van der Waals surface area (Å²) in [4.78, 5) is 5.45. The van der Waals surface area contributed by atoms with Crippen LogP contribution in [0.5, 0.6) is 0 Å². The van der Waals surface area contributed by atoms with Crippen LogP contribution < -0.4 is 5.73 Å². The summed E-state index contributed by atoms with van der Waals surface area (Å²) in [6.07, 6.45) is 7.84. The molecule has 4 heteroatoms. The molecule has 3 fully saturated rings. The van der Waals surface area contributed by atoms with Crippen LogP contribution in [0.4, 0.5) is 0 Å². The Hall–Kier alpha value is -0.160. The van der Waals surface area contributed by atoms with E-state index in [1.165, 1.54) is 45.4 Å². The predicted octanol–water partition coefficient (Wildman–Crippen LogP) is 1.44. The molecule has 0 aliphatic carbocycles. The number of hydrogen-bond donors (Lipinski definition) is 1. The summed E-state index contributed by atoms with van der Waals surface area (Å²) in [7, 11) is 0. The lowest BCUT2D eigenvalue weighted by molar-refractivity contribution is -0.0731. The van der Waals surface area contributed by atoms with Gasteiger partial charge in [0.1, 0.15) is 0 Å². The van der Waals surface area contributed by atoms with Gasteiger partial charge in [0.15, 0.2) is 0 Å². The molecular formula is C16H31N3O. The molecule has 0 aromatic heterocycles. The number of nitrogens with zero attached hydrogens (tertiary/aromatic N) is 2. The van der Waals surface area contributed by atoms with Gasteiger partial charge in [-0.2, -0.15) is 0 Å².